The third kappa shape index (κ3) is 9.56. The molecule has 2 bridgehead atoms. The number of hydrogen-bond acceptors (Lipinski definition) is 6. The van der Waals surface area contributed by atoms with Crippen LogP contribution in [0.2, 0.25) is 0 Å². The quantitative estimate of drug-likeness (QED) is 0.419. The average Bonchev–Trinajstić information content (AvgIpc) is 3.01. The van der Waals surface area contributed by atoms with Gasteiger partial charge in [-0.25, -0.2) is 0 Å². The molecule has 4 N–H and O–H groups in total. The van der Waals surface area contributed by atoms with E-state index in [0.717, 1.165) is 36.9 Å². The van der Waals surface area contributed by atoms with Crippen molar-refractivity contribution in [3.05, 3.63) is 64.7 Å². The second kappa shape index (κ2) is 16.3. The number of benzene rings is 2. The van der Waals surface area contributed by atoms with E-state index in [1.165, 1.54) is 24.0 Å². The first-order valence-electron chi connectivity index (χ1n) is 15.3. The first kappa shape index (κ1) is 31.5. The Kier molecular flexibility index (Phi) is 12.2. The molecule has 9 heteroatoms. The molecule has 2 aliphatic heterocycles. The summed E-state index contributed by atoms with van der Waals surface area (Å²) in [7, 11) is 1.62. The van der Waals surface area contributed by atoms with Crippen LogP contribution in [0.1, 0.15) is 60.8 Å². The highest BCUT2D eigenvalue weighted by molar-refractivity contribution is 5.84. The molecule has 1 unspecified atom stereocenters. The number of carbonyl (C=O) groups is 3. The maximum Gasteiger partial charge on any atom is 0.257 e. The summed E-state index contributed by atoms with van der Waals surface area (Å²) in [6, 6.07) is 14.0. The third-order valence-corrected chi connectivity index (χ3v) is 8.20. The van der Waals surface area contributed by atoms with E-state index in [1.54, 1.807) is 7.11 Å². The molecule has 0 saturated heterocycles. The fourth-order valence-electron chi connectivity index (χ4n) is 5.67. The number of nitrogens with one attached hydrogen (secondary N) is 4. The molecular formula is C33H46N4O5. The lowest BCUT2D eigenvalue weighted by Gasteiger charge is -2.33. The van der Waals surface area contributed by atoms with Crippen molar-refractivity contribution in [1.82, 2.24) is 21.3 Å². The summed E-state index contributed by atoms with van der Waals surface area (Å²) in [5.41, 5.74) is 3.89. The second-order valence-corrected chi connectivity index (χ2v) is 11.5. The minimum atomic E-state index is -0.915. The number of hydrogen-bond donors (Lipinski definition) is 4. The number of fused-ring (bicyclic) bond motifs is 18. The zero-order valence-corrected chi connectivity index (χ0v) is 24.9. The van der Waals surface area contributed by atoms with E-state index in [4.69, 9.17) is 9.47 Å². The molecule has 228 valence electrons. The fraction of sp³-hybridized carbons (Fsp3) is 0.545. The predicted molar refractivity (Wildman–Crippen MR) is 162 cm³/mol. The Morgan fingerprint density at radius 2 is 1.69 bits per heavy atom. The first-order chi connectivity index (χ1) is 20.5. The molecule has 5 rings (SSSR count). The van der Waals surface area contributed by atoms with Gasteiger partial charge in [0.05, 0.1) is 5.41 Å². The van der Waals surface area contributed by atoms with Crippen LogP contribution in [0.5, 0.6) is 5.75 Å². The minimum Gasteiger partial charge on any atom is -0.484 e. The van der Waals surface area contributed by atoms with Crippen molar-refractivity contribution < 1.29 is 23.9 Å². The predicted octanol–water partition coefficient (Wildman–Crippen LogP) is 2.83. The first-order valence-corrected chi connectivity index (χ1v) is 15.3. The van der Waals surface area contributed by atoms with Gasteiger partial charge >= 0.3 is 0 Å². The highest BCUT2D eigenvalue weighted by Gasteiger charge is 2.38. The van der Waals surface area contributed by atoms with Crippen LogP contribution in [0.3, 0.4) is 0 Å². The van der Waals surface area contributed by atoms with Gasteiger partial charge < -0.3 is 30.7 Å². The molecule has 1 aliphatic carbocycles. The molecule has 1 atom stereocenters. The Bertz CT molecular complexity index is 1190. The van der Waals surface area contributed by atoms with Gasteiger partial charge in [0.2, 0.25) is 11.8 Å². The standard InChI is InChI=1S/C33H46N4O5/c1-41-19-15-33(32(40)36-22-26-9-12-27-6-2-3-7-28(27)20-26)21-25-10-13-29(14-11-25)42-23-31(39)35-18-5-17-34-16-4-8-30(38)37-24-33/h9-14,20,34H,2-8,15-19,21-24H2,1H3,(H,35,39)(H,36,40)(H,37,38). The zero-order valence-electron chi connectivity index (χ0n) is 24.9. The molecule has 9 nitrogen and oxygen atoms in total. The molecule has 0 saturated carbocycles. The van der Waals surface area contributed by atoms with Crippen molar-refractivity contribution in [3.8, 4) is 5.75 Å². The van der Waals surface area contributed by atoms with E-state index < -0.39 is 5.41 Å². The van der Waals surface area contributed by atoms with Crippen molar-refractivity contribution in [2.24, 2.45) is 5.41 Å². The number of rotatable bonds is 6. The molecule has 0 radical (unpaired) electrons. The monoisotopic (exact) mass is 578 g/mol. The van der Waals surface area contributed by atoms with Crippen LogP contribution >= 0.6 is 0 Å². The Labute approximate surface area is 249 Å². The van der Waals surface area contributed by atoms with Crippen molar-refractivity contribution in [1.29, 1.82) is 0 Å². The van der Waals surface area contributed by atoms with Crippen molar-refractivity contribution >= 4 is 17.7 Å². The van der Waals surface area contributed by atoms with Crippen LogP contribution in [0, 0.1) is 5.41 Å². The van der Waals surface area contributed by atoms with Crippen LogP contribution in [0.15, 0.2) is 42.5 Å². The Morgan fingerprint density at radius 3 is 2.50 bits per heavy atom. The molecule has 2 heterocycles. The summed E-state index contributed by atoms with van der Waals surface area (Å²) in [5.74, 6) is 0.224. The van der Waals surface area contributed by atoms with Gasteiger partial charge in [0.15, 0.2) is 6.61 Å². The third-order valence-electron chi connectivity index (χ3n) is 8.20. The van der Waals surface area contributed by atoms with Crippen LogP contribution < -0.4 is 26.0 Å². The van der Waals surface area contributed by atoms with E-state index in [2.05, 4.69) is 39.5 Å². The lowest BCUT2D eigenvalue weighted by atomic mass is 9.77. The van der Waals surface area contributed by atoms with Crippen molar-refractivity contribution in [3.63, 3.8) is 0 Å². The van der Waals surface area contributed by atoms with Gasteiger partial charge in [-0.3, -0.25) is 14.4 Å². The van der Waals surface area contributed by atoms with Gasteiger partial charge in [-0.15, -0.1) is 0 Å². The normalized spacial score (nSPS) is 20.9. The summed E-state index contributed by atoms with van der Waals surface area (Å²) >= 11 is 0. The number of amides is 3. The second-order valence-electron chi connectivity index (χ2n) is 11.5. The molecule has 2 aromatic rings. The molecule has 0 fully saturated rings. The number of ether oxygens (including phenoxy) is 2. The molecule has 0 spiro atoms. The lowest BCUT2D eigenvalue weighted by Crippen LogP contribution is -2.50. The van der Waals surface area contributed by atoms with Gasteiger partial charge in [0.25, 0.3) is 5.91 Å². The van der Waals surface area contributed by atoms with Crippen LogP contribution in [-0.2, 0) is 44.9 Å². The summed E-state index contributed by atoms with van der Waals surface area (Å²) in [4.78, 5) is 39.0. The summed E-state index contributed by atoms with van der Waals surface area (Å²) < 4.78 is 11.1. The number of methoxy groups -OCH3 is 1. The fourth-order valence-corrected chi connectivity index (χ4v) is 5.67. The maximum atomic E-state index is 14.0. The zero-order chi connectivity index (χ0) is 29.6. The van der Waals surface area contributed by atoms with Gasteiger partial charge in [0.1, 0.15) is 5.75 Å². The Hall–Kier alpha value is -3.43. The average molecular weight is 579 g/mol. The van der Waals surface area contributed by atoms with E-state index in [0.29, 0.717) is 57.7 Å². The van der Waals surface area contributed by atoms with E-state index >= 15 is 0 Å². The van der Waals surface area contributed by atoms with Crippen molar-refractivity contribution in [2.75, 3.05) is 46.5 Å². The summed E-state index contributed by atoms with van der Waals surface area (Å²) in [5, 5.41) is 12.4. The number of aryl methyl sites for hydroxylation is 2. The van der Waals surface area contributed by atoms with Gasteiger partial charge in [-0.1, -0.05) is 30.3 Å². The Balaban J connectivity index is 1.53. The summed E-state index contributed by atoms with van der Waals surface area (Å²) in [6.45, 7) is 2.96. The molecule has 3 aliphatic rings. The van der Waals surface area contributed by atoms with Crippen molar-refractivity contribution in [2.45, 2.75) is 64.3 Å². The highest BCUT2D eigenvalue weighted by atomic mass is 16.5. The number of carbonyl (C=O) groups excluding carboxylic acids is 3. The molecule has 3 amide bonds. The van der Waals surface area contributed by atoms with Crippen LogP contribution in [-0.4, -0.2) is 64.2 Å². The van der Waals surface area contributed by atoms with Gasteiger partial charge in [-0.05, 0) is 98.8 Å². The molecule has 42 heavy (non-hydrogen) atoms. The van der Waals surface area contributed by atoms with Crippen LogP contribution in [0.25, 0.3) is 0 Å². The van der Waals surface area contributed by atoms with Crippen LogP contribution in [0.4, 0.5) is 0 Å². The topological polar surface area (TPSA) is 118 Å². The smallest absolute Gasteiger partial charge is 0.257 e. The summed E-state index contributed by atoms with van der Waals surface area (Å²) in [6.07, 6.45) is 7.33. The van der Waals surface area contributed by atoms with E-state index in [1.807, 2.05) is 24.3 Å². The molecular weight excluding hydrogens is 532 g/mol. The Morgan fingerprint density at radius 1 is 0.905 bits per heavy atom. The lowest BCUT2D eigenvalue weighted by molar-refractivity contribution is -0.133. The SMILES string of the molecule is COCCC1(C(=O)NCc2ccc3c(c2)CCCC3)CNC(=O)CCCNCCCNC(=O)COc2ccc(cc2)C1. The minimum absolute atomic E-state index is 0.0539. The van der Waals surface area contributed by atoms with E-state index in [9.17, 15) is 14.4 Å². The van der Waals surface area contributed by atoms with E-state index in [-0.39, 0.29) is 30.9 Å². The van der Waals surface area contributed by atoms with Gasteiger partial charge in [-0.2, -0.15) is 0 Å². The molecule has 0 aromatic heterocycles. The maximum absolute atomic E-state index is 14.0. The largest absolute Gasteiger partial charge is 0.484 e. The molecule has 2 aromatic carbocycles. The van der Waals surface area contributed by atoms with Gasteiger partial charge in [0, 0.05) is 39.8 Å². The highest BCUT2D eigenvalue weighted by Crippen LogP contribution is 2.29.